The fourth-order valence-corrected chi connectivity index (χ4v) is 2.00. The van der Waals surface area contributed by atoms with Crippen LogP contribution in [0.25, 0.3) is 0 Å². The van der Waals surface area contributed by atoms with Gasteiger partial charge in [-0.05, 0) is 24.5 Å². The van der Waals surface area contributed by atoms with E-state index in [0.29, 0.717) is 10.8 Å². The van der Waals surface area contributed by atoms with Gasteiger partial charge in [0.2, 0.25) is 0 Å². The summed E-state index contributed by atoms with van der Waals surface area (Å²) in [7, 11) is -3.13. The third-order valence-corrected chi connectivity index (χ3v) is 3.15. The fraction of sp³-hybridized carbons (Fsp3) is 0.500. The molecule has 0 N–H and O–H groups in total. The molecule has 0 aromatic carbocycles. The highest BCUT2D eigenvalue weighted by molar-refractivity contribution is 7.90. The van der Waals surface area contributed by atoms with Crippen molar-refractivity contribution in [3.63, 3.8) is 0 Å². The maximum atomic E-state index is 11.2. The Balaban J connectivity index is 3.27. The fourth-order valence-electron chi connectivity index (χ4n) is 1.37. The van der Waals surface area contributed by atoms with Crippen molar-refractivity contribution in [3.8, 4) is 0 Å². The second kappa shape index (κ2) is 3.69. The van der Waals surface area contributed by atoms with Gasteiger partial charge in [-0.15, -0.1) is 0 Å². The molecule has 1 heterocycles. The van der Waals surface area contributed by atoms with Crippen LogP contribution in [0.4, 0.5) is 0 Å². The van der Waals surface area contributed by atoms with Crippen molar-refractivity contribution < 1.29 is 8.42 Å². The van der Waals surface area contributed by atoms with Gasteiger partial charge >= 0.3 is 0 Å². The zero-order valence-corrected chi connectivity index (χ0v) is 9.72. The van der Waals surface area contributed by atoms with Crippen molar-refractivity contribution in [2.75, 3.05) is 6.26 Å². The van der Waals surface area contributed by atoms with Crippen LogP contribution in [-0.2, 0) is 9.84 Å². The molecule has 0 aliphatic heterocycles. The third kappa shape index (κ3) is 2.32. The molecular formula is C10H15NO2S. The smallest absolute Gasteiger partial charge is 0.177 e. The van der Waals surface area contributed by atoms with Gasteiger partial charge in [-0.2, -0.15) is 0 Å². The number of sulfone groups is 1. The largest absolute Gasteiger partial charge is 0.259 e. The molecule has 14 heavy (non-hydrogen) atoms. The van der Waals surface area contributed by atoms with Crippen molar-refractivity contribution in [3.05, 3.63) is 23.5 Å². The summed E-state index contributed by atoms with van der Waals surface area (Å²) in [6, 6.07) is 1.68. The second-order valence-electron chi connectivity index (χ2n) is 3.80. The molecule has 0 amide bonds. The number of rotatable bonds is 2. The summed E-state index contributed by atoms with van der Waals surface area (Å²) in [4.78, 5) is 4.46. The first-order valence-corrected chi connectivity index (χ1v) is 6.38. The van der Waals surface area contributed by atoms with E-state index in [9.17, 15) is 8.42 Å². The van der Waals surface area contributed by atoms with Crippen LogP contribution in [-0.4, -0.2) is 19.7 Å². The quantitative estimate of drug-likeness (QED) is 0.754. The number of hydrogen-bond acceptors (Lipinski definition) is 3. The van der Waals surface area contributed by atoms with Crippen LogP contribution in [0, 0.1) is 6.92 Å². The Morgan fingerprint density at radius 2 is 1.93 bits per heavy atom. The molecule has 1 rings (SSSR count). The van der Waals surface area contributed by atoms with Crippen molar-refractivity contribution in [1.29, 1.82) is 0 Å². The van der Waals surface area contributed by atoms with Gasteiger partial charge in [-0.3, -0.25) is 4.98 Å². The number of nitrogens with zero attached hydrogens (tertiary/aromatic N) is 1. The Morgan fingerprint density at radius 1 is 1.36 bits per heavy atom. The van der Waals surface area contributed by atoms with E-state index < -0.39 is 9.84 Å². The number of aromatic nitrogens is 1. The van der Waals surface area contributed by atoms with E-state index in [0.717, 1.165) is 11.3 Å². The number of pyridine rings is 1. The van der Waals surface area contributed by atoms with E-state index >= 15 is 0 Å². The predicted molar refractivity (Wildman–Crippen MR) is 56.2 cm³/mol. The molecule has 4 heteroatoms. The Hall–Kier alpha value is -0.900. The van der Waals surface area contributed by atoms with Crippen molar-refractivity contribution in [1.82, 2.24) is 4.98 Å². The van der Waals surface area contributed by atoms with E-state index in [1.54, 1.807) is 6.07 Å². The van der Waals surface area contributed by atoms with Crippen molar-refractivity contribution >= 4 is 9.84 Å². The zero-order chi connectivity index (χ0) is 10.9. The van der Waals surface area contributed by atoms with Crippen LogP contribution in [0.3, 0.4) is 0 Å². The lowest BCUT2D eigenvalue weighted by atomic mass is 10.1. The minimum Gasteiger partial charge on any atom is -0.259 e. The first-order valence-electron chi connectivity index (χ1n) is 4.49. The Bertz CT molecular complexity index is 435. The molecular weight excluding hydrogens is 198 g/mol. The van der Waals surface area contributed by atoms with Crippen LogP contribution >= 0.6 is 0 Å². The summed E-state index contributed by atoms with van der Waals surface area (Å²) in [5.74, 6) is 0.323. The molecule has 3 nitrogen and oxygen atoms in total. The topological polar surface area (TPSA) is 47.0 Å². The van der Waals surface area contributed by atoms with E-state index in [2.05, 4.69) is 4.98 Å². The van der Waals surface area contributed by atoms with Crippen LogP contribution in [0.5, 0.6) is 0 Å². The van der Waals surface area contributed by atoms with Crippen LogP contribution in [0.15, 0.2) is 17.2 Å². The van der Waals surface area contributed by atoms with E-state index in [1.165, 1.54) is 12.5 Å². The monoisotopic (exact) mass is 213 g/mol. The average Bonchev–Trinajstić information content (AvgIpc) is 2.01. The van der Waals surface area contributed by atoms with Gasteiger partial charge in [0.1, 0.15) is 0 Å². The van der Waals surface area contributed by atoms with Gasteiger partial charge in [0.25, 0.3) is 0 Å². The van der Waals surface area contributed by atoms with E-state index in [4.69, 9.17) is 0 Å². The highest BCUT2D eigenvalue weighted by Crippen LogP contribution is 2.18. The maximum absolute atomic E-state index is 11.2. The highest BCUT2D eigenvalue weighted by Gasteiger charge is 2.11. The Morgan fingerprint density at radius 3 is 2.29 bits per heavy atom. The molecule has 1 aromatic heterocycles. The second-order valence-corrected chi connectivity index (χ2v) is 5.82. The van der Waals surface area contributed by atoms with Gasteiger partial charge in [-0.25, -0.2) is 8.42 Å². The van der Waals surface area contributed by atoms with Crippen molar-refractivity contribution in [2.45, 2.75) is 31.6 Å². The lowest BCUT2D eigenvalue weighted by Gasteiger charge is -2.09. The van der Waals surface area contributed by atoms with Gasteiger partial charge < -0.3 is 0 Å². The minimum absolute atomic E-state index is 0.291. The molecule has 0 aliphatic carbocycles. The van der Waals surface area contributed by atoms with Crippen LogP contribution in [0.1, 0.15) is 31.0 Å². The van der Waals surface area contributed by atoms with Crippen molar-refractivity contribution in [2.24, 2.45) is 0 Å². The number of hydrogen-bond donors (Lipinski definition) is 0. The van der Waals surface area contributed by atoms with Gasteiger partial charge in [0.15, 0.2) is 9.84 Å². The lowest BCUT2D eigenvalue weighted by Crippen LogP contribution is -2.02. The Labute approximate surface area is 85.1 Å². The SMILES string of the molecule is Cc1cc(S(C)(=O)=O)cnc1C(C)C. The number of aryl methyl sites for hydroxylation is 1. The molecule has 1 aromatic rings. The van der Waals surface area contributed by atoms with Gasteiger partial charge in [0.05, 0.1) is 4.90 Å². The van der Waals surface area contributed by atoms with Crippen LogP contribution < -0.4 is 0 Å². The predicted octanol–water partition coefficient (Wildman–Crippen LogP) is 1.92. The standard InChI is InChI=1S/C10H15NO2S/c1-7(2)10-8(3)5-9(6-11-10)14(4,12)13/h5-7H,1-4H3. The molecule has 0 fully saturated rings. The average molecular weight is 213 g/mol. The van der Waals surface area contributed by atoms with Gasteiger partial charge in [-0.1, -0.05) is 13.8 Å². The maximum Gasteiger partial charge on any atom is 0.177 e. The van der Waals surface area contributed by atoms with E-state index in [1.807, 2.05) is 20.8 Å². The summed E-state index contributed by atoms with van der Waals surface area (Å²) >= 11 is 0. The normalized spacial score (nSPS) is 12.1. The molecule has 0 radical (unpaired) electrons. The molecule has 0 saturated carbocycles. The molecule has 0 atom stereocenters. The highest BCUT2D eigenvalue weighted by atomic mass is 32.2. The molecule has 0 saturated heterocycles. The molecule has 0 unspecified atom stereocenters. The summed E-state index contributed by atoms with van der Waals surface area (Å²) in [5, 5.41) is 0. The summed E-state index contributed by atoms with van der Waals surface area (Å²) < 4.78 is 22.5. The van der Waals surface area contributed by atoms with Gasteiger partial charge in [0, 0.05) is 18.1 Å². The Kier molecular flexibility index (Phi) is 2.95. The van der Waals surface area contributed by atoms with Crippen LogP contribution in [0.2, 0.25) is 0 Å². The minimum atomic E-state index is -3.13. The summed E-state index contributed by atoms with van der Waals surface area (Å²) in [5.41, 5.74) is 1.89. The lowest BCUT2D eigenvalue weighted by molar-refractivity contribution is 0.601. The summed E-state index contributed by atoms with van der Waals surface area (Å²) in [6.07, 6.45) is 2.62. The first-order chi connectivity index (χ1) is 6.32. The molecule has 78 valence electrons. The third-order valence-electron chi connectivity index (χ3n) is 2.07. The summed E-state index contributed by atoms with van der Waals surface area (Å²) in [6.45, 7) is 5.96. The molecule has 0 bridgehead atoms. The zero-order valence-electron chi connectivity index (χ0n) is 8.90. The van der Waals surface area contributed by atoms with E-state index in [-0.39, 0.29) is 0 Å². The molecule has 0 aliphatic rings. The first kappa shape index (κ1) is 11.2. The molecule has 0 spiro atoms.